The lowest BCUT2D eigenvalue weighted by Crippen LogP contribution is -2.50. The Bertz CT molecular complexity index is 434. The maximum Gasteiger partial charge on any atom is 0.254 e. The molecule has 1 saturated carbocycles. The van der Waals surface area contributed by atoms with Crippen LogP contribution in [0, 0.1) is 11.7 Å². The number of aromatic nitrogens is 1. The Labute approximate surface area is 98.9 Å². The standard InChI is InChI=1S/C12H15FN2O2/c1-12(7-16,8-2-3-8)15-11(17)9-4-5-14-6-10(9)13/h4-6,8,16H,2-3,7H2,1H3,(H,15,17). The topological polar surface area (TPSA) is 62.2 Å². The van der Waals surface area contributed by atoms with Crippen molar-refractivity contribution in [2.75, 3.05) is 6.61 Å². The lowest BCUT2D eigenvalue weighted by molar-refractivity contribution is 0.0820. The molecule has 1 fully saturated rings. The average Bonchev–Trinajstić information content (AvgIpc) is 3.13. The zero-order chi connectivity index (χ0) is 12.5. The van der Waals surface area contributed by atoms with Gasteiger partial charge in [-0.3, -0.25) is 9.78 Å². The summed E-state index contributed by atoms with van der Waals surface area (Å²) in [5, 5.41) is 12.0. The Morgan fingerprint density at radius 1 is 1.71 bits per heavy atom. The summed E-state index contributed by atoms with van der Waals surface area (Å²) in [5.41, 5.74) is -0.701. The van der Waals surface area contributed by atoms with Gasteiger partial charge in [0.2, 0.25) is 0 Å². The van der Waals surface area contributed by atoms with Gasteiger partial charge in [-0.05, 0) is 31.7 Å². The van der Waals surface area contributed by atoms with Crippen LogP contribution in [0.25, 0.3) is 0 Å². The Balaban J connectivity index is 2.13. The third kappa shape index (κ3) is 2.44. The van der Waals surface area contributed by atoms with Crippen molar-refractivity contribution in [1.82, 2.24) is 10.3 Å². The molecule has 0 radical (unpaired) electrons. The van der Waals surface area contributed by atoms with Crippen molar-refractivity contribution in [2.24, 2.45) is 5.92 Å². The average molecular weight is 238 g/mol. The number of aliphatic hydroxyl groups is 1. The van der Waals surface area contributed by atoms with Crippen LogP contribution in [0.3, 0.4) is 0 Å². The second-order valence-electron chi connectivity index (χ2n) is 4.66. The molecule has 5 heteroatoms. The van der Waals surface area contributed by atoms with Gasteiger partial charge in [0.25, 0.3) is 5.91 Å². The molecule has 1 heterocycles. The molecule has 1 aromatic rings. The van der Waals surface area contributed by atoms with Gasteiger partial charge in [0.15, 0.2) is 5.82 Å². The number of pyridine rings is 1. The van der Waals surface area contributed by atoms with Crippen molar-refractivity contribution in [1.29, 1.82) is 0 Å². The van der Waals surface area contributed by atoms with Crippen LogP contribution in [0.15, 0.2) is 18.5 Å². The number of carbonyl (C=O) groups excluding carboxylic acids is 1. The molecule has 1 unspecified atom stereocenters. The SMILES string of the molecule is CC(CO)(NC(=O)c1ccncc1F)C1CC1. The fraction of sp³-hybridized carbons (Fsp3) is 0.500. The van der Waals surface area contributed by atoms with Gasteiger partial charge < -0.3 is 10.4 Å². The van der Waals surface area contributed by atoms with Crippen molar-refractivity contribution < 1.29 is 14.3 Å². The van der Waals surface area contributed by atoms with Crippen LogP contribution >= 0.6 is 0 Å². The number of halogens is 1. The van der Waals surface area contributed by atoms with Gasteiger partial charge in [0.1, 0.15) is 0 Å². The predicted octanol–water partition coefficient (Wildman–Crippen LogP) is 1.11. The molecular formula is C12H15FN2O2. The van der Waals surface area contributed by atoms with Crippen LogP contribution in [0.1, 0.15) is 30.1 Å². The van der Waals surface area contributed by atoms with Crippen molar-refractivity contribution in [3.63, 3.8) is 0 Å². The van der Waals surface area contributed by atoms with E-state index in [2.05, 4.69) is 10.3 Å². The molecule has 0 saturated heterocycles. The molecule has 1 aliphatic carbocycles. The second-order valence-corrected chi connectivity index (χ2v) is 4.66. The minimum atomic E-state index is -0.660. The van der Waals surface area contributed by atoms with Crippen molar-refractivity contribution in [2.45, 2.75) is 25.3 Å². The van der Waals surface area contributed by atoms with Crippen LogP contribution in [-0.4, -0.2) is 28.1 Å². The van der Waals surface area contributed by atoms with E-state index in [1.54, 1.807) is 6.92 Å². The number of aliphatic hydroxyl groups excluding tert-OH is 1. The first-order valence-electron chi connectivity index (χ1n) is 5.60. The van der Waals surface area contributed by atoms with Gasteiger partial charge in [0.05, 0.1) is 23.9 Å². The molecule has 1 aliphatic rings. The van der Waals surface area contributed by atoms with E-state index in [4.69, 9.17) is 0 Å². The molecule has 17 heavy (non-hydrogen) atoms. The van der Waals surface area contributed by atoms with Gasteiger partial charge in [-0.1, -0.05) is 0 Å². The summed E-state index contributed by atoms with van der Waals surface area (Å²) in [7, 11) is 0. The van der Waals surface area contributed by atoms with E-state index < -0.39 is 17.3 Å². The van der Waals surface area contributed by atoms with E-state index in [-0.39, 0.29) is 18.1 Å². The van der Waals surface area contributed by atoms with E-state index in [0.717, 1.165) is 19.0 Å². The monoisotopic (exact) mass is 238 g/mol. The molecule has 2 rings (SSSR count). The summed E-state index contributed by atoms with van der Waals surface area (Å²) < 4.78 is 13.4. The van der Waals surface area contributed by atoms with Gasteiger partial charge in [0, 0.05) is 6.20 Å². The van der Waals surface area contributed by atoms with Gasteiger partial charge >= 0.3 is 0 Å². The summed E-state index contributed by atoms with van der Waals surface area (Å²) in [6, 6.07) is 1.33. The molecule has 1 amide bonds. The van der Waals surface area contributed by atoms with Crippen LogP contribution in [0.2, 0.25) is 0 Å². The van der Waals surface area contributed by atoms with Crippen LogP contribution < -0.4 is 5.32 Å². The number of nitrogens with zero attached hydrogens (tertiary/aromatic N) is 1. The Morgan fingerprint density at radius 3 is 2.94 bits per heavy atom. The molecule has 2 N–H and O–H groups in total. The Hall–Kier alpha value is -1.49. The lowest BCUT2D eigenvalue weighted by atomic mass is 9.96. The smallest absolute Gasteiger partial charge is 0.254 e. The number of hydrogen-bond acceptors (Lipinski definition) is 3. The third-order valence-electron chi connectivity index (χ3n) is 3.22. The number of nitrogens with one attached hydrogen (secondary N) is 1. The molecule has 0 aliphatic heterocycles. The molecule has 0 spiro atoms. The van der Waals surface area contributed by atoms with Gasteiger partial charge in [-0.25, -0.2) is 4.39 Å². The highest BCUT2D eigenvalue weighted by Crippen LogP contribution is 2.39. The van der Waals surface area contributed by atoms with Crippen LogP contribution in [0.5, 0.6) is 0 Å². The van der Waals surface area contributed by atoms with E-state index in [1.807, 2.05) is 0 Å². The third-order valence-corrected chi connectivity index (χ3v) is 3.22. The van der Waals surface area contributed by atoms with Crippen molar-refractivity contribution in [3.8, 4) is 0 Å². The van der Waals surface area contributed by atoms with E-state index in [0.29, 0.717) is 0 Å². The van der Waals surface area contributed by atoms with Crippen LogP contribution in [-0.2, 0) is 0 Å². The van der Waals surface area contributed by atoms with Gasteiger partial charge in [-0.15, -0.1) is 0 Å². The summed E-state index contributed by atoms with van der Waals surface area (Å²) in [5.74, 6) is -0.879. The number of rotatable bonds is 4. The second kappa shape index (κ2) is 4.41. The molecule has 92 valence electrons. The maximum absolute atomic E-state index is 13.4. The molecule has 4 nitrogen and oxygen atoms in total. The largest absolute Gasteiger partial charge is 0.394 e. The van der Waals surface area contributed by atoms with Gasteiger partial charge in [-0.2, -0.15) is 0 Å². The summed E-state index contributed by atoms with van der Waals surface area (Å²) in [6.07, 6.45) is 4.33. The predicted molar refractivity (Wildman–Crippen MR) is 59.9 cm³/mol. The van der Waals surface area contributed by atoms with Crippen molar-refractivity contribution in [3.05, 3.63) is 29.8 Å². The number of amides is 1. The first-order chi connectivity index (χ1) is 8.07. The lowest BCUT2D eigenvalue weighted by Gasteiger charge is -2.28. The fourth-order valence-electron chi connectivity index (χ4n) is 1.88. The van der Waals surface area contributed by atoms with E-state index >= 15 is 0 Å². The van der Waals surface area contributed by atoms with Crippen molar-refractivity contribution >= 4 is 5.91 Å². The van der Waals surface area contributed by atoms with Crippen LogP contribution in [0.4, 0.5) is 4.39 Å². The first kappa shape index (κ1) is 12.0. The van der Waals surface area contributed by atoms with E-state index in [1.165, 1.54) is 12.3 Å². The minimum absolute atomic E-state index is 0.0414. The molecular weight excluding hydrogens is 223 g/mol. The normalized spacial score (nSPS) is 18.5. The Kier molecular flexibility index (Phi) is 3.11. The number of carbonyl (C=O) groups is 1. The minimum Gasteiger partial charge on any atom is -0.394 e. The Morgan fingerprint density at radius 2 is 2.41 bits per heavy atom. The highest BCUT2D eigenvalue weighted by molar-refractivity contribution is 5.94. The fourth-order valence-corrected chi connectivity index (χ4v) is 1.88. The molecule has 1 aromatic heterocycles. The first-order valence-corrected chi connectivity index (χ1v) is 5.60. The summed E-state index contributed by atoms with van der Waals surface area (Å²) >= 11 is 0. The maximum atomic E-state index is 13.4. The molecule has 0 bridgehead atoms. The summed E-state index contributed by atoms with van der Waals surface area (Å²) in [6.45, 7) is 1.64. The zero-order valence-electron chi connectivity index (χ0n) is 9.61. The highest BCUT2D eigenvalue weighted by Gasteiger charge is 2.42. The zero-order valence-corrected chi connectivity index (χ0v) is 9.61. The number of hydrogen-bond donors (Lipinski definition) is 2. The quantitative estimate of drug-likeness (QED) is 0.826. The highest BCUT2D eigenvalue weighted by atomic mass is 19.1. The summed E-state index contributed by atoms with van der Waals surface area (Å²) in [4.78, 5) is 15.5. The molecule has 0 aromatic carbocycles. The molecule has 1 atom stereocenters. The van der Waals surface area contributed by atoms with E-state index in [9.17, 15) is 14.3 Å².